The first-order valence-electron chi connectivity index (χ1n) is 7.01. The minimum absolute atomic E-state index is 0.300. The number of nitrogens with one attached hydrogen (secondary N) is 1. The molecule has 2 fully saturated rings. The largest absolute Gasteiger partial charge is 0.373 e. The van der Waals surface area contributed by atoms with E-state index in [0.29, 0.717) is 5.69 Å². The zero-order valence-corrected chi connectivity index (χ0v) is 11.1. The van der Waals surface area contributed by atoms with Crippen LogP contribution in [-0.2, 0) is 9.59 Å². The Labute approximate surface area is 117 Å². The van der Waals surface area contributed by atoms with Gasteiger partial charge in [-0.2, -0.15) is 0 Å². The number of hydrogen-bond donors (Lipinski definition) is 1. The molecule has 1 aliphatic carbocycles. The zero-order chi connectivity index (χ0) is 14.1. The maximum Gasteiger partial charge on any atom is 0.224 e. The molecule has 0 aromatic heterocycles. The van der Waals surface area contributed by atoms with Crippen LogP contribution in [0.2, 0.25) is 0 Å². The van der Waals surface area contributed by atoms with Crippen molar-refractivity contribution < 1.29 is 14.0 Å². The molecule has 1 saturated heterocycles. The summed E-state index contributed by atoms with van der Waals surface area (Å²) in [6.45, 7) is 1.73. The fourth-order valence-electron chi connectivity index (χ4n) is 2.94. The van der Waals surface area contributed by atoms with Crippen molar-refractivity contribution in [2.75, 3.05) is 18.4 Å². The molecule has 0 spiro atoms. The van der Waals surface area contributed by atoms with E-state index < -0.39 is 6.04 Å². The van der Waals surface area contributed by atoms with Crippen molar-refractivity contribution in [1.29, 1.82) is 0 Å². The van der Waals surface area contributed by atoms with E-state index in [2.05, 4.69) is 10.2 Å². The molecule has 20 heavy (non-hydrogen) atoms. The maximum absolute atomic E-state index is 12.9. The fraction of sp³-hybridized carbons (Fsp3) is 0.467. The van der Waals surface area contributed by atoms with Gasteiger partial charge in [-0.3, -0.25) is 14.5 Å². The van der Waals surface area contributed by atoms with Gasteiger partial charge < -0.3 is 5.32 Å². The van der Waals surface area contributed by atoms with Gasteiger partial charge >= 0.3 is 0 Å². The summed E-state index contributed by atoms with van der Waals surface area (Å²) < 4.78 is 12.9. The smallest absolute Gasteiger partial charge is 0.224 e. The van der Waals surface area contributed by atoms with E-state index in [1.165, 1.54) is 18.6 Å². The van der Waals surface area contributed by atoms with E-state index in [-0.39, 0.29) is 23.4 Å². The SMILES string of the molecule is O=C1C(=O)C(N2CCCCC2)C1Nc1ccc(F)cc1. The highest BCUT2D eigenvalue weighted by Crippen LogP contribution is 2.26. The average molecular weight is 276 g/mol. The summed E-state index contributed by atoms with van der Waals surface area (Å²) in [6.07, 6.45) is 3.32. The number of hydrogen-bond acceptors (Lipinski definition) is 4. The summed E-state index contributed by atoms with van der Waals surface area (Å²) in [5.74, 6) is -0.990. The predicted octanol–water partition coefficient (Wildman–Crippen LogP) is 1.61. The lowest BCUT2D eigenvalue weighted by atomic mass is 9.80. The number of benzene rings is 1. The lowest BCUT2D eigenvalue weighted by Gasteiger charge is -2.43. The second-order valence-electron chi connectivity index (χ2n) is 5.40. The number of halogens is 1. The highest BCUT2D eigenvalue weighted by Gasteiger charge is 2.52. The first kappa shape index (κ1) is 13.2. The lowest BCUT2D eigenvalue weighted by molar-refractivity contribution is -0.149. The van der Waals surface area contributed by atoms with Crippen LogP contribution in [0.5, 0.6) is 0 Å². The van der Waals surface area contributed by atoms with Crippen LogP contribution in [0.4, 0.5) is 10.1 Å². The summed E-state index contributed by atoms with van der Waals surface area (Å²) >= 11 is 0. The van der Waals surface area contributed by atoms with Crippen LogP contribution in [0.15, 0.2) is 24.3 Å². The van der Waals surface area contributed by atoms with Gasteiger partial charge in [-0.05, 0) is 50.2 Å². The summed E-state index contributed by atoms with van der Waals surface area (Å²) in [5, 5.41) is 3.05. The van der Waals surface area contributed by atoms with Gasteiger partial charge in [-0.15, -0.1) is 0 Å². The molecule has 106 valence electrons. The van der Waals surface area contributed by atoms with Crippen molar-refractivity contribution in [1.82, 2.24) is 4.90 Å². The van der Waals surface area contributed by atoms with Crippen LogP contribution in [0.1, 0.15) is 19.3 Å². The number of carbonyl (C=O) groups excluding carboxylic acids is 2. The van der Waals surface area contributed by atoms with Crippen LogP contribution < -0.4 is 5.32 Å². The van der Waals surface area contributed by atoms with Gasteiger partial charge in [0.2, 0.25) is 11.6 Å². The van der Waals surface area contributed by atoms with E-state index in [1.807, 2.05) is 0 Å². The molecule has 0 amide bonds. The van der Waals surface area contributed by atoms with Gasteiger partial charge in [0.15, 0.2) is 0 Å². The number of anilines is 1. The van der Waals surface area contributed by atoms with Crippen molar-refractivity contribution >= 4 is 17.3 Å². The van der Waals surface area contributed by atoms with E-state index in [1.54, 1.807) is 12.1 Å². The summed E-state index contributed by atoms with van der Waals surface area (Å²) in [4.78, 5) is 25.7. The quantitative estimate of drug-likeness (QED) is 0.852. The third-order valence-electron chi connectivity index (χ3n) is 4.06. The van der Waals surface area contributed by atoms with Crippen molar-refractivity contribution in [2.24, 2.45) is 0 Å². The van der Waals surface area contributed by atoms with Gasteiger partial charge in [0.1, 0.15) is 17.9 Å². The van der Waals surface area contributed by atoms with Crippen LogP contribution in [-0.4, -0.2) is 41.6 Å². The van der Waals surface area contributed by atoms with Gasteiger partial charge in [0.05, 0.1) is 0 Å². The van der Waals surface area contributed by atoms with Crippen molar-refractivity contribution in [3.05, 3.63) is 30.1 Å². The Balaban J connectivity index is 1.71. The molecule has 0 radical (unpaired) electrons. The molecule has 1 N–H and O–H groups in total. The number of nitrogens with zero attached hydrogens (tertiary/aromatic N) is 1. The Bertz CT molecular complexity index is 523. The second-order valence-corrected chi connectivity index (χ2v) is 5.40. The Hall–Kier alpha value is -1.75. The molecular formula is C15H17FN2O2. The van der Waals surface area contributed by atoms with Gasteiger partial charge in [-0.25, -0.2) is 4.39 Å². The van der Waals surface area contributed by atoms with Crippen LogP contribution in [0.3, 0.4) is 0 Å². The number of rotatable bonds is 3. The molecule has 1 heterocycles. The maximum atomic E-state index is 12.9. The molecule has 1 aromatic carbocycles. The Morgan fingerprint density at radius 2 is 1.65 bits per heavy atom. The third-order valence-corrected chi connectivity index (χ3v) is 4.06. The molecule has 2 unspecified atom stereocenters. The summed E-state index contributed by atoms with van der Waals surface area (Å²) in [6, 6.07) is 4.99. The molecule has 1 aromatic rings. The van der Waals surface area contributed by atoms with Crippen LogP contribution in [0, 0.1) is 5.82 Å². The van der Waals surface area contributed by atoms with Crippen molar-refractivity contribution in [3.8, 4) is 0 Å². The fourth-order valence-corrected chi connectivity index (χ4v) is 2.94. The third kappa shape index (κ3) is 2.33. The number of likely N-dealkylation sites (tertiary alicyclic amines) is 1. The van der Waals surface area contributed by atoms with Gasteiger partial charge in [0, 0.05) is 5.69 Å². The van der Waals surface area contributed by atoms with Gasteiger partial charge in [0.25, 0.3) is 0 Å². The molecule has 2 aliphatic rings. The monoisotopic (exact) mass is 276 g/mol. The van der Waals surface area contributed by atoms with E-state index in [0.717, 1.165) is 25.9 Å². The Kier molecular flexibility index (Phi) is 3.53. The highest BCUT2D eigenvalue weighted by molar-refractivity contribution is 6.49. The number of ketones is 2. The first-order valence-corrected chi connectivity index (χ1v) is 7.01. The molecule has 0 bridgehead atoms. The predicted molar refractivity (Wildman–Crippen MR) is 73.0 cm³/mol. The molecule has 1 aliphatic heterocycles. The number of piperidine rings is 1. The Morgan fingerprint density at radius 1 is 1.00 bits per heavy atom. The zero-order valence-electron chi connectivity index (χ0n) is 11.1. The summed E-state index contributed by atoms with van der Waals surface area (Å²) in [7, 11) is 0. The molecule has 4 nitrogen and oxygen atoms in total. The first-order chi connectivity index (χ1) is 9.66. The molecule has 1 saturated carbocycles. The molecule has 3 rings (SSSR count). The highest BCUT2D eigenvalue weighted by atomic mass is 19.1. The topological polar surface area (TPSA) is 49.4 Å². The minimum atomic E-state index is -0.494. The van der Waals surface area contributed by atoms with E-state index >= 15 is 0 Å². The summed E-state index contributed by atoms with van der Waals surface area (Å²) in [5.41, 5.74) is 0.666. The number of carbonyl (C=O) groups is 2. The van der Waals surface area contributed by atoms with Crippen LogP contribution >= 0.6 is 0 Å². The standard InChI is InChI=1S/C15H17FN2O2/c16-10-4-6-11(7-5-10)17-12-13(15(20)14(12)19)18-8-2-1-3-9-18/h4-7,12-13,17H,1-3,8-9H2. The van der Waals surface area contributed by atoms with Crippen molar-refractivity contribution in [3.63, 3.8) is 0 Å². The Morgan fingerprint density at radius 3 is 2.30 bits per heavy atom. The number of Topliss-reactive ketones (excluding diaryl/α,β-unsaturated/α-hetero) is 2. The molecular weight excluding hydrogens is 259 g/mol. The normalized spacial score (nSPS) is 27.2. The second kappa shape index (κ2) is 5.32. The molecule has 5 heteroatoms. The lowest BCUT2D eigenvalue weighted by Crippen LogP contribution is -2.68. The van der Waals surface area contributed by atoms with Gasteiger partial charge in [-0.1, -0.05) is 6.42 Å². The van der Waals surface area contributed by atoms with Crippen LogP contribution in [0.25, 0.3) is 0 Å². The van der Waals surface area contributed by atoms with E-state index in [9.17, 15) is 14.0 Å². The molecule has 2 atom stereocenters. The average Bonchev–Trinajstić information content (AvgIpc) is 2.49. The van der Waals surface area contributed by atoms with E-state index in [4.69, 9.17) is 0 Å². The van der Waals surface area contributed by atoms with Crippen molar-refractivity contribution in [2.45, 2.75) is 31.3 Å². The minimum Gasteiger partial charge on any atom is -0.373 e.